The first-order valence-electron chi connectivity index (χ1n) is 8.73. The van der Waals surface area contributed by atoms with Crippen LogP contribution in [0, 0.1) is 6.92 Å². The van der Waals surface area contributed by atoms with Crippen molar-refractivity contribution in [2.24, 2.45) is 7.05 Å². The van der Waals surface area contributed by atoms with E-state index in [4.69, 9.17) is 4.74 Å². The molecule has 134 valence electrons. The molecule has 3 rings (SSSR count). The Morgan fingerprint density at radius 1 is 1.36 bits per heavy atom. The van der Waals surface area contributed by atoms with Gasteiger partial charge in [-0.1, -0.05) is 30.3 Å². The van der Waals surface area contributed by atoms with Crippen molar-refractivity contribution in [3.8, 4) is 5.88 Å². The van der Waals surface area contributed by atoms with Gasteiger partial charge in [0.05, 0.1) is 12.8 Å². The van der Waals surface area contributed by atoms with Gasteiger partial charge in [0.2, 0.25) is 5.88 Å². The maximum Gasteiger partial charge on any atom is 0.258 e. The van der Waals surface area contributed by atoms with Crippen LogP contribution in [0.3, 0.4) is 0 Å². The molecule has 1 aromatic heterocycles. The average molecular weight is 342 g/mol. The van der Waals surface area contributed by atoms with Crippen LogP contribution in [0.4, 0.5) is 0 Å². The monoisotopic (exact) mass is 342 g/mol. The Bertz CT molecular complexity index is 727. The molecule has 0 bridgehead atoms. The number of nitrogens with zero attached hydrogens (tertiary/aromatic N) is 3. The van der Waals surface area contributed by atoms with Gasteiger partial charge in [-0.3, -0.25) is 9.69 Å². The maximum absolute atomic E-state index is 12.7. The first kappa shape index (κ1) is 17.5. The zero-order valence-corrected chi connectivity index (χ0v) is 15.2. The van der Waals surface area contributed by atoms with Crippen LogP contribution in [0.5, 0.6) is 5.88 Å². The molecule has 6 heteroatoms. The number of hydrogen-bond acceptors (Lipinski definition) is 4. The molecule has 0 spiro atoms. The summed E-state index contributed by atoms with van der Waals surface area (Å²) < 4.78 is 6.94. The third-order valence-electron chi connectivity index (χ3n) is 4.68. The molecule has 1 N–H and O–H groups in total. The van der Waals surface area contributed by atoms with Gasteiger partial charge in [0.1, 0.15) is 5.56 Å². The van der Waals surface area contributed by atoms with Crippen molar-refractivity contribution in [1.82, 2.24) is 20.0 Å². The predicted octanol–water partition coefficient (Wildman–Crippen LogP) is 2.13. The molecule has 0 aliphatic carbocycles. The number of methoxy groups -OCH3 is 1. The third kappa shape index (κ3) is 4.02. The van der Waals surface area contributed by atoms with Gasteiger partial charge in [0.15, 0.2) is 0 Å². The Morgan fingerprint density at radius 3 is 2.84 bits per heavy atom. The van der Waals surface area contributed by atoms with Crippen LogP contribution in [0.2, 0.25) is 0 Å². The lowest BCUT2D eigenvalue weighted by molar-refractivity contribution is 0.0897. The van der Waals surface area contributed by atoms with Crippen LogP contribution in [0.1, 0.15) is 34.5 Å². The molecule has 1 atom stereocenters. The summed E-state index contributed by atoms with van der Waals surface area (Å²) in [5.74, 6) is 0.404. The highest BCUT2D eigenvalue weighted by molar-refractivity contribution is 5.97. The molecular weight excluding hydrogens is 316 g/mol. The molecule has 6 nitrogen and oxygen atoms in total. The second-order valence-corrected chi connectivity index (χ2v) is 6.63. The van der Waals surface area contributed by atoms with E-state index >= 15 is 0 Å². The van der Waals surface area contributed by atoms with Gasteiger partial charge in [-0.25, -0.2) is 4.68 Å². The van der Waals surface area contributed by atoms with Crippen LogP contribution >= 0.6 is 0 Å². The molecule has 0 radical (unpaired) electrons. The number of ether oxygens (including phenoxy) is 1. The normalized spacial score (nSPS) is 18.1. The highest BCUT2D eigenvalue weighted by Crippen LogP contribution is 2.21. The highest BCUT2D eigenvalue weighted by Gasteiger charge is 2.26. The Balaban J connectivity index is 1.64. The lowest BCUT2D eigenvalue weighted by Crippen LogP contribution is -2.47. The predicted molar refractivity (Wildman–Crippen MR) is 96.7 cm³/mol. The maximum atomic E-state index is 12.7. The van der Waals surface area contributed by atoms with Crippen molar-refractivity contribution in [1.29, 1.82) is 0 Å². The summed E-state index contributed by atoms with van der Waals surface area (Å²) in [6, 6.07) is 10.6. The number of rotatable bonds is 5. The molecule has 1 aliphatic rings. The number of likely N-dealkylation sites (tertiary alicyclic amines) is 1. The van der Waals surface area contributed by atoms with Crippen LogP contribution < -0.4 is 10.1 Å². The van der Waals surface area contributed by atoms with Crippen molar-refractivity contribution in [3.05, 3.63) is 47.2 Å². The van der Waals surface area contributed by atoms with Crippen molar-refractivity contribution in [2.75, 3.05) is 20.2 Å². The molecule has 1 saturated heterocycles. The van der Waals surface area contributed by atoms with E-state index in [0.717, 1.165) is 32.5 Å². The number of nitrogens with one attached hydrogen (secondary N) is 1. The van der Waals surface area contributed by atoms with Crippen LogP contribution in [-0.2, 0) is 13.6 Å². The zero-order valence-electron chi connectivity index (χ0n) is 15.2. The van der Waals surface area contributed by atoms with E-state index in [9.17, 15) is 4.79 Å². The van der Waals surface area contributed by atoms with Gasteiger partial charge < -0.3 is 10.1 Å². The number of hydrogen-bond donors (Lipinski definition) is 1. The molecule has 1 amide bonds. The van der Waals surface area contributed by atoms with Gasteiger partial charge in [-0.2, -0.15) is 5.10 Å². The second-order valence-electron chi connectivity index (χ2n) is 6.63. The molecular formula is C19H26N4O2. The summed E-state index contributed by atoms with van der Waals surface area (Å²) in [5, 5.41) is 7.45. The first-order valence-corrected chi connectivity index (χ1v) is 8.73. The Kier molecular flexibility index (Phi) is 5.38. The van der Waals surface area contributed by atoms with Crippen LogP contribution in [-0.4, -0.2) is 46.8 Å². The minimum absolute atomic E-state index is 0.103. The van der Waals surface area contributed by atoms with Crippen molar-refractivity contribution < 1.29 is 9.53 Å². The molecule has 2 heterocycles. The van der Waals surface area contributed by atoms with Gasteiger partial charge in [-0.05, 0) is 31.9 Å². The summed E-state index contributed by atoms with van der Waals surface area (Å²) in [4.78, 5) is 15.1. The topological polar surface area (TPSA) is 59.4 Å². The number of piperidine rings is 1. The minimum Gasteiger partial charge on any atom is -0.481 e. The van der Waals surface area contributed by atoms with E-state index in [0.29, 0.717) is 17.1 Å². The van der Waals surface area contributed by atoms with Gasteiger partial charge in [0, 0.05) is 26.2 Å². The Labute approximate surface area is 148 Å². The standard InChI is InChI=1S/C19H26N4O2/c1-14-17(19(25-3)22(2)21-14)18(24)20-16-10-7-11-23(13-16)12-15-8-5-4-6-9-15/h4-6,8-9,16H,7,10-13H2,1-3H3,(H,20,24)/t16-/m0/s1. The van der Waals surface area contributed by atoms with E-state index in [-0.39, 0.29) is 11.9 Å². The fraction of sp³-hybridized carbons (Fsp3) is 0.474. The summed E-state index contributed by atoms with van der Waals surface area (Å²) in [6.07, 6.45) is 2.08. The SMILES string of the molecule is COc1c(C(=O)N[C@H]2CCCN(Cc3ccccc3)C2)c(C)nn1C. The van der Waals surface area contributed by atoms with Crippen LogP contribution in [0.15, 0.2) is 30.3 Å². The van der Waals surface area contributed by atoms with Crippen molar-refractivity contribution in [3.63, 3.8) is 0 Å². The minimum atomic E-state index is -0.103. The molecule has 1 fully saturated rings. The van der Waals surface area contributed by atoms with Gasteiger partial charge in [-0.15, -0.1) is 0 Å². The van der Waals surface area contributed by atoms with Crippen molar-refractivity contribution >= 4 is 5.91 Å². The molecule has 1 aromatic carbocycles. The Hall–Kier alpha value is -2.34. The third-order valence-corrected chi connectivity index (χ3v) is 4.68. The quantitative estimate of drug-likeness (QED) is 0.904. The molecule has 0 saturated carbocycles. The lowest BCUT2D eigenvalue weighted by Gasteiger charge is -2.33. The number of amides is 1. The number of aromatic nitrogens is 2. The molecule has 1 aliphatic heterocycles. The second kappa shape index (κ2) is 7.70. The summed E-state index contributed by atoms with van der Waals surface area (Å²) in [6.45, 7) is 4.68. The summed E-state index contributed by atoms with van der Waals surface area (Å²) in [7, 11) is 3.35. The molecule has 25 heavy (non-hydrogen) atoms. The average Bonchev–Trinajstić information content (AvgIpc) is 2.89. The van der Waals surface area contributed by atoms with E-state index < -0.39 is 0 Å². The first-order chi connectivity index (χ1) is 12.1. The van der Waals surface area contributed by atoms with E-state index in [1.54, 1.807) is 18.8 Å². The van der Waals surface area contributed by atoms with Crippen LogP contribution in [0.25, 0.3) is 0 Å². The number of carbonyl (C=O) groups excluding carboxylic acids is 1. The fourth-order valence-corrected chi connectivity index (χ4v) is 3.55. The molecule has 0 unspecified atom stereocenters. The van der Waals surface area contributed by atoms with Gasteiger partial charge in [0.25, 0.3) is 5.91 Å². The summed E-state index contributed by atoms with van der Waals surface area (Å²) in [5.41, 5.74) is 2.53. The number of aryl methyl sites for hydroxylation is 2. The largest absolute Gasteiger partial charge is 0.481 e. The van der Waals surface area contributed by atoms with E-state index in [2.05, 4.69) is 39.6 Å². The van der Waals surface area contributed by atoms with Crippen molar-refractivity contribution in [2.45, 2.75) is 32.4 Å². The number of benzene rings is 1. The lowest BCUT2D eigenvalue weighted by atomic mass is 10.0. The van der Waals surface area contributed by atoms with E-state index in [1.807, 2.05) is 13.0 Å². The summed E-state index contributed by atoms with van der Waals surface area (Å²) >= 11 is 0. The Morgan fingerprint density at radius 2 is 2.12 bits per heavy atom. The molecule has 2 aromatic rings. The zero-order chi connectivity index (χ0) is 17.8. The smallest absolute Gasteiger partial charge is 0.258 e. The fourth-order valence-electron chi connectivity index (χ4n) is 3.55. The van der Waals surface area contributed by atoms with E-state index in [1.165, 1.54) is 5.56 Å². The van der Waals surface area contributed by atoms with Gasteiger partial charge >= 0.3 is 0 Å². The highest BCUT2D eigenvalue weighted by atomic mass is 16.5. The number of carbonyl (C=O) groups is 1.